The number of tetrazole rings is 1. The SMILES string of the molecule is COC(CC(=O)O)Cn1nnnc1-c1cc(Cl)ccc1Cl. The third-order valence-corrected chi connectivity index (χ3v) is 3.38. The summed E-state index contributed by atoms with van der Waals surface area (Å²) in [6.07, 6.45) is -0.707. The summed E-state index contributed by atoms with van der Waals surface area (Å²) in [4.78, 5) is 10.8. The van der Waals surface area contributed by atoms with Crippen molar-refractivity contribution in [1.82, 2.24) is 20.2 Å². The van der Waals surface area contributed by atoms with Crippen LogP contribution in [0.2, 0.25) is 10.0 Å². The Balaban J connectivity index is 2.30. The molecule has 112 valence electrons. The second-order valence-electron chi connectivity index (χ2n) is 4.26. The Kier molecular flexibility index (Phi) is 5.11. The molecule has 1 aromatic heterocycles. The van der Waals surface area contributed by atoms with Crippen molar-refractivity contribution < 1.29 is 14.6 Å². The number of halogens is 2. The topological polar surface area (TPSA) is 90.1 Å². The fraction of sp³-hybridized carbons (Fsp3) is 0.333. The molecule has 21 heavy (non-hydrogen) atoms. The summed E-state index contributed by atoms with van der Waals surface area (Å²) in [7, 11) is 1.43. The Morgan fingerprint density at radius 2 is 2.24 bits per heavy atom. The van der Waals surface area contributed by atoms with Crippen molar-refractivity contribution in [2.24, 2.45) is 0 Å². The van der Waals surface area contributed by atoms with Gasteiger partial charge in [-0.25, -0.2) is 4.68 Å². The van der Waals surface area contributed by atoms with Gasteiger partial charge >= 0.3 is 5.97 Å². The summed E-state index contributed by atoms with van der Waals surface area (Å²) < 4.78 is 6.56. The van der Waals surface area contributed by atoms with Gasteiger partial charge in [-0.1, -0.05) is 23.2 Å². The van der Waals surface area contributed by atoms with Crippen molar-refractivity contribution in [2.75, 3.05) is 7.11 Å². The van der Waals surface area contributed by atoms with Crippen LogP contribution in [0, 0.1) is 0 Å². The zero-order valence-corrected chi connectivity index (χ0v) is 12.5. The van der Waals surface area contributed by atoms with Gasteiger partial charge in [0.15, 0.2) is 5.82 Å². The lowest BCUT2D eigenvalue weighted by molar-refractivity contribution is -0.139. The van der Waals surface area contributed by atoms with Gasteiger partial charge < -0.3 is 9.84 Å². The average molecular weight is 331 g/mol. The molecule has 0 aliphatic carbocycles. The van der Waals surface area contributed by atoms with Crippen molar-refractivity contribution in [2.45, 2.75) is 19.1 Å². The standard InChI is InChI=1S/C12H12Cl2N4O3/c1-21-8(5-11(19)20)6-18-12(15-16-17-18)9-4-7(13)2-3-10(9)14/h2-4,8H,5-6H2,1H3,(H,19,20). The van der Waals surface area contributed by atoms with Crippen molar-refractivity contribution in [1.29, 1.82) is 0 Å². The molecule has 0 saturated carbocycles. The second kappa shape index (κ2) is 6.84. The number of ether oxygens (including phenoxy) is 1. The first kappa shape index (κ1) is 15.7. The van der Waals surface area contributed by atoms with E-state index in [1.807, 2.05) is 0 Å². The number of nitrogens with zero attached hydrogens (tertiary/aromatic N) is 4. The van der Waals surface area contributed by atoms with Crippen LogP contribution in [0.15, 0.2) is 18.2 Å². The second-order valence-corrected chi connectivity index (χ2v) is 5.11. The number of aromatic nitrogens is 4. The fourth-order valence-corrected chi connectivity index (χ4v) is 2.17. The predicted octanol–water partition coefficient (Wildman–Crippen LogP) is 2.14. The Morgan fingerprint density at radius 3 is 2.90 bits per heavy atom. The van der Waals surface area contributed by atoms with Crippen LogP contribution in [0.5, 0.6) is 0 Å². The number of benzene rings is 1. The van der Waals surface area contributed by atoms with Gasteiger partial charge in [0, 0.05) is 17.7 Å². The van der Waals surface area contributed by atoms with Crippen molar-refractivity contribution in [3.8, 4) is 11.4 Å². The maximum Gasteiger partial charge on any atom is 0.306 e. The molecule has 0 radical (unpaired) electrons. The van der Waals surface area contributed by atoms with Crippen LogP contribution in [0.1, 0.15) is 6.42 Å². The van der Waals surface area contributed by atoms with Gasteiger partial charge in [-0.05, 0) is 28.6 Å². The van der Waals surface area contributed by atoms with Gasteiger partial charge in [-0.3, -0.25) is 4.79 Å². The van der Waals surface area contributed by atoms with Gasteiger partial charge in [0.2, 0.25) is 0 Å². The third kappa shape index (κ3) is 3.90. The number of aliphatic carboxylic acids is 1. The molecule has 0 bridgehead atoms. The molecule has 0 spiro atoms. The number of carboxylic acids is 1. The minimum absolute atomic E-state index is 0.154. The molecule has 1 unspecified atom stereocenters. The first-order chi connectivity index (χ1) is 10.0. The first-order valence-corrected chi connectivity index (χ1v) is 6.73. The van der Waals surface area contributed by atoms with Gasteiger partial charge in [0.1, 0.15) is 0 Å². The highest BCUT2D eigenvalue weighted by molar-refractivity contribution is 6.35. The smallest absolute Gasteiger partial charge is 0.306 e. The Morgan fingerprint density at radius 1 is 1.48 bits per heavy atom. The lowest BCUT2D eigenvalue weighted by atomic mass is 10.2. The Hall–Kier alpha value is -1.70. The largest absolute Gasteiger partial charge is 0.481 e. The van der Waals surface area contributed by atoms with E-state index in [0.29, 0.717) is 21.4 Å². The summed E-state index contributed by atoms with van der Waals surface area (Å²) in [6.45, 7) is 0.188. The average Bonchev–Trinajstić information content (AvgIpc) is 2.88. The van der Waals surface area contributed by atoms with E-state index < -0.39 is 12.1 Å². The maximum absolute atomic E-state index is 10.8. The van der Waals surface area contributed by atoms with Crippen LogP contribution >= 0.6 is 23.2 Å². The van der Waals surface area contributed by atoms with Crippen LogP contribution in [-0.4, -0.2) is 44.5 Å². The lowest BCUT2D eigenvalue weighted by Gasteiger charge is -2.14. The number of hydrogen-bond acceptors (Lipinski definition) is 5. The Labute approximate surface area is 130 Å². The summed E-state index contributed by atoms with van der Waals surface area (Å²) in [6, 6.07) is 4.94. The molecule has 1 aromatic carbocycles. The highest BCUT2D eigenvalue weighted by Crippen LogP contribution is 2.28. The van der Waals surface area contributed by atoms with Crippen LogP contribution in [0.25, 0.3) is 11.4 Å². The van der Waals surface area contributed by atoms with E-state index in [9.17, 15) is 4.79 Å². The summed E-state index contributed by atoms with van der Waals surface area (Å²) >= 11 is 12.1. The number of rotatable bonds is 6. The molecule has 0 fully saturated rings. The van der Waals surface area contributed by atoms with Crippen molar-refractivity contribution in [3.05, 3.63) is 28.2 Å². The number of carbonyl (C=O) groups is 1. The zero-order chi connectivity index (χ0) is 15.4. The summed E-state index contributed by atoms with van der Waals surface area (Å²) in [5.41, 5.74) is 0.569. The van der Waals surface area contributed by atoms with Crippen molar-refractivity contribution in [3.63, 3.8) is 0 Å². The highest BCUT2D eigenvalue weighted by atomic mass is 35.5. The molecule has 7 nitrogen and oxygen atoms in total. The zero-order valence-electron chi connectivity index (χ0n) is 11.0. The number of hydrogen-bond donors (Lipinski definition) is 1. The van der Waals surface area contributed by atoms with Gasteiger partial charge in [0.25, 0.3) is 0 Å². The molecule has 2 rings (SSSR count). The third-order valence-electron chi connectivity index (χ3n) is 2.81. The molecule has 2 aromatic rings. The summed E-state index contributed by atoms with van der Waals surface area (Å²) in [5, 5.41) is 21.1. The van der Waals surface area contributed by atoms with Crippen LogP contribution < -0.4 is 0 Å². The minimum atomic E-state index is -0.961. The molecule has 0 aliphatic rings. The molecule has 0 saturated heterocycles. The molecule has 1 heterocycles. The van der Waals surface area contributed by atoms with Crippen LogP contribution in [0.3, 0.4) is 0 Å². The monoisotopic (exact) mass is 330 g/mol. The molecule has 0 amide bonds. The number of carboxylic acid groups (broad SMARTS) is 1. The lowest BCUT2D eigenvalue weighted by Crippen LogP contribution is -2.23. The molecular weight excluding hydrogens is 319 g/mol. The van der Waals surface area contributed by atoms with E-state index in [1.165, 1.54) is 11.8 Å². The molecular formula is C12H12Cl2N4O3. The quantitative estimate of drug-likeness (QED) is 0.872. The van der Waals surface area contributed by atoms with Gasteiger partial charge in [-0.2, -0.15) is 0 Å². The summed E-state index contributed by atoms with van der Waals surface area (Å²) in [5.74, 6) is -0.563. The van der Waals surface area contributed by atoms with Gasteiger partial charge in [-0.15, -0.1) is 5.10 Å². The van der Waals surface area contributed by atoms with E-state index in [2.05, 4.69) is 15.5 Å². The highest BCUT2D eigenvalue weighted by Gasteiger charge is 2.18. The van der Waals surface area contributed by atoms with Crippen LogP contribution in [-0.2, 0) is 16.1 Å². The number of methoxy groups -OCH3 is 1. The molecule has 9 heteroatoms. The fourth-order valence-electron chi connectivity index (χ4n) is 1.80. The normalized spacial score (nSPS) is 12.3. The van der Waals surface area contributed by atoms with Crippen LogP contribution in [0.4, 0.5) is 0 Å². The molecule has 1 N–H and O–H groups in total. The van der Waals surface area contributed by atoms with E-state index in [1.54, 1.807) is 18.2 Å². The van der Waals surface area contributed by atoms with Gasteiger partial charge in [0.05, 0.1) is 24.1 Å². The van der Waals surface area contributed by atoms with E-state index >= 15 is 0 Å². The van der Waals surface area contributed by atoms with E-state index in [-0.39, 0.29) is 13.0 Å². The van der Waals surface area contributed by atoms with E-state index in [4.69, 9.17) is 33.0 Å². The predicted molar refractivity (Wildman–Crippen MR) is 76.3 cm³/mol. The molecule has 0 aliphatic heterocycles. The van der Waals surface area contributed by atoms with E-state index in [0.717, 1.165) is 0 Å². The molecule has 1 atom stereocenters. The first-order valence-electron chi connectivity index (χ1n) is 5.97. The van der Waals surface area contributed by atoms with Crippen molar-refractivity contribution >= 4 is 29.2 Å². The Bertz CT molecular complexity index is 647. The minimum Gasteiger partial charge on any atom is -0.481 e. The maximum atomic E-state index is 10.8.